The van der Waals surface area contributed by atoms with Crippen LogP contribution in [0, 0.1) is 6.92 Å². The third-order valence-corrected chi connectivity index (χ3v) is 2.84. The number of ether oxygens (including phenoxy) is 1. The maximum absolute atomic E-state index is 11.8. The van der Waals surface area contributed by atoms with Crippen LogP contribution < -0.4 is 10.3 Å². The quantitative estimate of drug-likeness (QED) is 0.662. The van der Waals surface area contributed by atoms with E-state index in [1.54, 1.807) is 24.3 Å². The second-order valence-corrected chi connectivity index (χ2v) is 4.25. The molecule has 0 bridgehead atoms. The summed E-state index contributed by atoms with van der Waals surface area (Å²) in [5, 5.41) is 0. The van der Waals surface area contributed by atoms with Crippen molar-refractivity contribution in [3.8, 4) is 0 Å². The van der Waals surface area contributed by atoms with Crippen LogP contribution in [0.5, 0.6) is 0 Å². The summed E-state index contributed by atoms with van der Waals surface area (Å²) in [5.74, 6) is 0.815. The predicted octanol–water partition coefficient (Wildman–Crippen LogP) is 1.15. The molecular weight excluding hydrogens is 242 g/mol. The Bertz CT molecular complexity index is 597. The first-order chi connectivity index (χ1) is 9.08. The number of esters is 1. The van der Waals surface area contributed by atoms with Crippen LogP contribution in [0.4, 0.5) is 5.82 Å². The van der Waals surface area contributed by atoms with E-state index in [9.17, 15) is 4.79 Å². The predicted molar refractivity (Wildman–Crippen MR) is 70.1 cm³/mol. The molecular formula is C14H16N3O2+. The molecule has 0 saturated heterocycles. The molecule has 0 atom stereocenters. The monoisotopic (exact) mass is 258 g/mol. The number of hydrogen-bond donors (Lipinski definition) is 1. The minimum atomic E-state index is -0.372. The van der Waals surface area contributed by atoms with Crippen LogP contribution in [0.2, 0.25) is 0 Å². The lowest BCUT2D eigenvalue weighted by Gasteiger charge is -2.05. The van der Waals surface area contributed by atoms with E-state index >= 15 is 0 Å². The van der Waals surface area contributed by atoms with Crippen molar-refractivity contribution in [2.45, 2.75) is 13.5 Å². The zero-order chi connectivity index (χ0) is 13.8. The maximum atomic E-state index is 11.8. The molecule has 2 aromatic rings. The van der Waals surface area contributed by atoms with Crippen LogP contribution in [0.25, 0.3) is 0 Å². The third-order valence-electron chi connectivity index (χ3n) is 2.84. The number of nitrogens with zero attached hydrogens (tertiary/aromatic N) is 2. The first-order valence-electron chi connectivity index (χ1n) is 5.91. The molecule has 0 aliphatic carbocycles. The summed E-state index contributed by atoms with van der Waals surface area (Å²) < 4.78 is 7.05. The highest BCUT2D eigenvalue weighted by Gasteiger charge is 2.14. The Morgan fingerprint density at radius 1 is 1.37 bits per heavy atom. The van der Waals surface area contributed by atoms with Crippen molar-refractivity contribution in [2.24, 2.45) is 7.05 Å². The van der Waals surface area contributed by atoms with E-state index in [0.29, 0.717) is 16.9 Å². The van der Waals surface area contributed by atoms with E-state index < -0.39 is 0 Å². The topological polar surface area (TPSA) is 69.1 Å². The third kappa shape index (κ3) is 3.07. The van der Waals surface area contributed by atoms with Crippen molar-refractivity contribution in [1.82, 2.24) is 4.98 Å². The number of carbonyl (C=O) groups is 1. The molecule has 19 heavy (non-hydrogen) atoms. The van der Waals surface area contributed by atoms with Crippen LogP contribution in [0.15, 0.2) is 36.5 Å². The van der Waals surface area contributed by atoms with Crippen LogP contribution >= 0.6 is 0 Å². The molecule has 1 aromatic heterocycles. The van der Waals surface area contributed by atoms with Gasteiger partial charge in [-0.05, 0) is 17.1 Å². The standard InChI is InChI=1S/C14H15N3O2/c1-10-16-13(15)12(8-17(10)2)9-19-14(18)11-6-4-3-5-7-11/h3-8,15H,9H2,1-2H3/p+1. The average molecular weight is 258 g/mol. The van der Waals surface area contributed by atoms with E-state index in [1.807, 2.05) is 30.8 Å². The van der Waals surface area contributed by atoms with Gasteiger partial charge in [-0.3, -0.25) is 0 Å². The van der Waals surface area contributed by atoms with Gasteiger partial charge >= 0.3 is 5.97 Å². The minimum Gasteiger partial charge on any atom is -0.457 e. The van der Waals surface area contributed by atoms with Gasteiger partial charge in [0.25, 0.3) is 5.82 Å². The molecule has 98 valence electrons. The van der Waals surface area contributed by atoms with Crippen molar-refractivity contribution in [2.75, 3.05) is 5.73 Å². The minimum absolute atomic E-state index is 0.112. The average Bonchev–Trinajstić information content (AvgIpc) is 2.42. The van der Waals surface area contributed by atoms with Crippen LogP contribution in [-0.4, -0.2) is 11.0 Å². The maximum Gasteiger partial charge on any atom is 0.338 e. The Balaban J connectivity index is 2.07. The Kier molecular flexibility index (Phi) is 3.75. The first kappa shape index (κ1) is 13.0. The van der Waals surface area contributed by atoms with Gasteiger partial charge in [-0.15, -0.1) is 0 Å². The molecule has 2 N–H and O–H groups in total. The summed E-state index contributed by atoms with van der Waals surface area (Å²) in [7, 11) is 1.87. The molecule has 0 spiro atoms. The fourth-order valence-corrected chi connectivity index (χ4v) is 1.63. The lowest BCUT2D eigenvalue weighted by molar-refractivity contribution is -0.681. The van der Waals surface area contributed by atoms with E-state index in [4.69, 9.17) is 10.5 Å². The van der Waals surface area contributed by atoms with Crippen molar-refractivity contribution in [1.29, 1.82) is 0 Å². The summed E-state index contributed by atoms with van der Waals surface area (Å²) >= 11 is 0. The van der Waals surface area contributed by atoms with Crippen molar-refractivity contribution in [3.05, 3.63) is 53.5 Å². The zero-order valence-electron chi connectivity index (χ0n) is 11.0. The van der Waals surface area contributed by atoms with Crippen molar-refractivity contribution < 1.29 is 14.1 Å². The van der Waals surface area contributed by atoms with Gasteiger partial charge in [0.2, 0.25) is 5.82 Å². The normalized spacial score (nSPS) is 10.2. The second-order valence-electron chi connectivity index (χ2n) is 4.25. The Hall–Kier alpha value is -2.43. The smallest absolute Gasteiger partial charge is 0.338 e. The fraction of sp³-hybridized carbons (Fsp3) is 0.214. The number of anilines is 1. The number of aryl methyl sites for hydroxylation is 2. The molecule has 1 aromatic carbocycles. The molecule has 5 heteroatoms. The van der Waals surface area contributed by atoms with E-state index in [0.717, 1.165) is 5.82 Å². The highest BCUT2D eigenvalue weighted by molar-refractivity contribution is 5.89. The molecule has 2 rings (SSSR count). The van der Waals surface area contributed by atoms with Crippen molar-refractivity contribution >= 4 is 11.8 Å². The Morgan fingerprint density at radius 2 is 2.05 bits per heavy atom. The summed E-state index contributed by atoms with van der Waals surface area (Å²) in [6.45, 7) is 1.97. The van der Waals surface area contributed by atoms with Gasteiger partial charge in [0.05, 0.1) is 18.2 Å². The lowest BCUT2D eigenvalue weighted by Crippen LogP contribution is -2.34. The molecule has 0 fully saturated rings. The molecule has 5 nitrogen and oxygen atoms in total. The molecule has 0 aliphatic rings. The van der Waals surface area contributed by atoms with Crippen LogP contribution in [-0.2, 0) is 18.4 Å². The number of rotatable bonds is 3. The SMILES string of the molecule is Cc1nc(N)c(COC(=O)c2ccccc2)c[n+]1C. The second kappa shape index (κ2) is 5.48. The number of nitrogens with two attached hydrogens (primary N) is 1. The molecule has 1 heterocycles. The Morgan fingerprint density at radius 3 is 2.74 bits per heavy atom. The number of nitrogen functional groups attached to an aromatic ring is 1. The number of aromatic nitrogens is 2. The molecule has 0 radical (unpaired) electrons. The fourth-order valence-electron chi connectivity index (χ4n) is 1.63. The van der Waals surface area contributed by atoms with Gasteiger partial charge < -0.3 is 10.5 Å². The highest BCUT2D eigenvalue weighted by Crippen LogP contribution is 2.09. The lowest BCUT2D eigenvalue weighted by atomic mass is 10.2. The van der Waals surface area contributed by atoms with Crippen LogP contribution in [0.3, 0.4) is 0 Å². The van der Waals surface area contributed by atoms with Gasteiger partial charge in [0.1, 0.15) is 12.8 Å². The van der Waals surface area contributed by atoms with Gasteiger partial charge in [-0.25, -0.2) is 9.36 Å². The highest BCUT2D eigenvalue weighted by atomic mass is 16.5. The zero-order valence-corrected chi connectivity index (χ0v) is 11.0. The molecule has 0 unspecified atom stereocenters. The summed E-state index contributed by atoms with van der Waals surface area (Å²) in [6.07, 6.45) is 1.82. The van der Waals surface area contributed by atoms with E-state index in [-0.39, 0.29) is 12.6 Å². The largest absolute Gasteiger partial charge is 0.457 e. The van der Waals surface area contributed by atoms with Crippen molar-refractivity contribution in [3.63, 3.8) is 0 Å². The van der Waals surface area contributed by atoms with E-state index in [2.05, 4.69) is 4.98 Å². The Labute approximate surface area is 111 Å². The number of benzene rings is 1. The number of carbonyl (C=O) groups excluding carboxylic acids is 1. The van der Waals surface area contributed by atoms with Gasteiger partial charge in [0.15, 0.2) is 0 Å². The van der Waals surface area contributed by atoms with Crippen LogP contribution in [0.1, 0.15) is 21.7 Å². The van der Waals surface area contributed by atoms with Gasteiger partial charge in [0, 0.05) is 6.92 Å². The molecule has 0 aliphatic heterocycles. The summed E-state index contributed by atoms with van der Waals surface area (Å²) in [4.78, 5) is 16.0. The van der Waals surface area contributed by atoms with Gasteiger partial charge in [-0.2, -0.15) is 0 Å². The first-order valence-corrected chi connectivity index (χ1v) is 5.91. The van der Waals surface area contributed by atoms with Gasteiger partial charge in [-0.1, -0.05) is 18.2 Å². The molecule has 0 saturated carbocycles. The van der Waals surface area contributed by atoms with E-state index in [1.165, 1.54) is 0 Å². The number of hydrogen-bond acceptors (Lipinski definition) is 4. The summed E-state index contributed by atoms with van der Waals surface area (Å²) in [6, 6.07) is 8.84. The summed E-state index contributed by atoms with van der Waals surface area (Å²) in [5.41, 5.74) is 7.01. The molecule has 0 amide bonds.